The van der Waals surface area contributed by atoms with Crippen LogP contribution in [0.2, 0.25) is 0 Å². The molecule has 156 valence electrons. The third-order valence-corrected chi connectivity index (χ3v) is 4.73. The van der Waals surface area contributed by atoms with Crippen LogP contribution in [0.3, 0.4) is 0 Å². The van der Waals surface area contributed by atoms with E-state index in [1.54, 1.807) is 0 Å². The van der Waals surface area contributed by atoms with Gasteiger partial charge in [-0.05, 0) is 17.7 Å². The third-order valence-electron chi connectivity index (χ3n) is 4.73. The third kappa shape index (κ3) is 3.56. The Morgan fingerprint density at radius 3 is 2.59 bits per heavy atom. The van der Waals surface area contributed by atoms with Gasteiger partial charge in [0.2, 0.25) is 0 Å². The van der Waals surface area contributed by atoms with Crippen molar-refractivity contribution in [2.75, 3.05) is 13.3 Å². The van der Waals surface area contributed by atoms with Crippen molar-refractivity contribution in [3.8, 4) is 0 Å². The van der Waals surface area contributed by atoms with Crippen LogP contribution in [0.15, 0.2) is 29.5 Å². The van der Waals surface area contributed by atoms with E-state index in [-0.39, 0.29) is 30.0 Å². The van der Waals surface area contributed by atoms with Crippen molar-refractivity contribution in [2.45, 2.75) is 31.1 Å². The molecular formula is C17H19F2N5O5. The van der Waals surface area contributed by atoms with Crippen LogP contribution in [0.5, 0.6) is 0 Å². The number of nitrogens with zero attached hydrogens (tertiary/aromatic N) is 4. The fraction of sp³-hybridized carbons (Fsp3) is 0.412. The number of hydroxylamine groups is 2. The van der Waals surface area contributed by atoms with E-state index in [1.807, 2.05) is 0 Å². The van der Waals surface area contributed by atoms with E-state index in [4.69, 9.17) is 15.3 Å². The van der Waals surface area contributed by atoms with Crippen molar-refractivity contribution in [3.63, 3.8) is 0 Å². The van der Waals surface area contributed by atoms with E-state index in [0.717, 1.165) is 18.2 Å². The van der Waals surface area contributed by atoms with Crippen molar-refractivity contribution >= 4 is 5.82 Å². The Labute approximate surface area is 162 Å². The van der Waals surface area contributed by atoms with E-state index in [2.05, 4.69) is 9.98 Å². The number of hydrogen-bond acceptors (Lipinski definition) is 9. The first kappa shape index (κ1) is 19.7. The van der Waals surface area contributed by atoms with E-state index in [9.17, 15) is 24.1 Å². The number of fused-ring (bicyclic) bond motifs is 1. The van der Waals surface area contributed by atoms with Crippen LogP contribution in [0.25, 0.3) is 5.82 Å². The van der Waals surface area contributed by atoms with E-state index in [1.165, 1.54) is 16.0 Å². The van der Waals surface area contributed by atoms with Gasteiger partial charge in [0.1, 0.15) is 48.6 Å². The summed E-state index contributed by atoms with van der Waals surface area (Å²) in [5.41, 5.74) is 6.66. The first-order valence-corrected chi connectivity index (χ1v) is 8.74. The summed E-state index contributed by atoms with van der Waals surface area (Å²) in [5.74, 6) is -1.33. The molecule has 4 rings (SSSR count). The van der Waals surface area contributed by atoms with E-state index < -0.39 is 42.8 Å². The van der Waals surface area contributed by atoms with Crippen LogP contribution < -0.4 is 16.6 Å². The number of aliphatic hydroxyl groups is 3. The van der Waals surface area contributed by atoms with Crippen LogP contribution in [-0.2, 0) is 16.2 Å². The van der Waals surface area contributed by atoms with Gasteiger partial charge < -0.3 is 25.8 Å². The predicted octanol–water partition coefficient (Wildman–Crippen LogP) is -2.18. The number of rotatable bonds is 5. The molecule has 2 aliphatic rings. The number of nitrogens with two attached hydrogens (primary N) is 1. The monoisotopic (exact) mass is 411 g/mol. The number of hydrogen-bond donors (Lipinski definition) is 4. The molecule has 0 radical (unpaired) electrons. The van der Waals surface area contributed by atoms with Crippen LogP contribution in [-0.4, -0.2) is 61.5 Å². The molecule has 12 heteroatoms. The lowest BCUT2D eigenvalue weighted by molar-refractivity contribution is -0.124. The van der Waals surface area contributed by atoms with Gasteiger partial charge in [-0.2, -0.15) is 0 Å². The molecule has 0 amide bonds. The molecule has 0 aliphatic carbocycles. The summed E-state index contributed by atoms with van der Waals surface area (Å²) in [4.78, 5) is 14.0. The summed E-state index contributed by atoms with van der Waals surface area (Å²) < 4.78 is 33.5. The van der Waals surface area contributed by atoms with Gasteiger partial charge in [-0.1, -0.05) is 0 Å². The van der Waals surface area contributed by atoms with Gasteiger partial charge in [-0.3, -0.25) is 9.40 Å². The summed E-state index contributed by atoms with van der Waals surface area (Å²) in [7, 11) is 0. The van der Waals surface area contributed by atoms with E-state index in [0.29, 0.717) is 5.49 Å². The smallest absolute Gasteiger partial charge is 0.165 e. The number of aliphatic hydroxyl groups excluding tert-OH is 3. The molecule has 10 nitrogen and oxygen atoms in total. The molecule has 5 N–H and O–H groups in total. The zero-order chi connectivity index (χ0) is 20.7. The molecule has 3 heterocycles. The second kappa shape index (κ2) is 7.65. The number of aromatic nitrogens is 2. The van der Waals surface area contributed by atoms with E-state index >= 15 is 0 Å². The molecule has 0 unspecified atom stereocenters. The highest BCUT2D eigenvalue weighted by molar-refractivity contribution is 5.34. The van der Waals surface area contributed by atoms with Gasteiger partial charge in [0.05, 0.1) is 12.9 Å². The zero-order valence-corrected chi connectivity index (χ0v) is 15.0. The van der Waals surface area contributed by atoms with Crippen LogP contribution in [0, 0.1) is 11.6 Å². The van der Waals surface area contributed by atoms with Gasteiger partial charge in [0.15, 0.2) is 17.5 Å². The molecule has 1 aromatic carbocycles. The number of benzene rings is 1. The van der Waals surface area contributed by atoms with Crippen LogP contribution in [0.4, 0.5) is 8.78 Å². The highest BCUT2D eigenvalue weighted by Crippen LogP contribution is 2.27. The standard InChI is InChI=1S/C17H19F2N5O5/c18-9-1-8(2-10(19)3-9)5-28-24-7-22-16-12(15(24)20)21-6-23(16)17-14(27)13(26)11(4-25)29-17/h1-3,6,11,13-14,17,25-27H,4-5,7,20H2/t11-,13-,14-,17-/m1/s1. The average molecular weight is 411 g/mol. The predicted molar refractivity (Wildman–Crippen MR) is 91.5 cm³/mol. The Hall–Kier alpha value is -2.64. The molecule has 1 aromatic heterocycles. The Kier molecular flexibility index (Phi) is 5.19. The van der Waals surface area contributed by atoms with Crippen molar-refractivity contribution in [2.24, 2.45) is 10.7 Å². The normalized spacial score (nSPS) is 26.5. The van der Waals surface area contributed by atoms with Crippen molar-refractivity contribution < 1.29 is 33.7 Å². The summed E-state index contributed by atoms with van der Waals surface area (Å²) in [6.45, 7) is -0.647. The Bertz CT molecular complexity index is 1010. The summed E-state index contributed by atoms with van der Waals surface area (Å²) in [6.07, 6.45) is -3.16. The quantitative estimate of drug-likeness (QED) is 0.436. The molecule has 0 saturated carbocycles. The summed E-state index contributed by atoms with van der Waals surface area (Å²) in [5, 5.41) is 30.8. The van der Waals surface area contributed by atoms with Crippen LogP contribution >= 0.6 is 0 Å². The highest BCUT2D eigenvalue weighted by atomic mass is 19.1. The molecule has 0 spiro atoms. The number of imidazole rings is 1. The Morgan fingerprint density at radius 1 is 1.21 bits per heavy atom. The lowest BCUT2D eigenvalue weighted by Crippen LogP contribution is -2.47. The van der Waals surface area contributed by atoms with Gasteiger partial charge in [0, 0.05) is 6.07 Å². The zero-order valence-electron chi connectivity index (χ0n) is 15.0. The summed E-state index contributed by atoms with van der Waals surface area (Å²) in [6, 6.07) is 3.04. The molecule has 2 aromatic rings. The molecule has 1 saturated heterocycles. The summed E-state index contributed by atoms with van der Waals surface area (Å²) >= 11 is 0. The maximum atomic E-state index is 13.3. The molecule has 4 atom stereocenters. The molecular weight excluding hydrogens is 392 g/mol. The Balaban J connectivity index is 1.56. The number of ether oxygens (including phenoxy) is 1. The van der Waals surface area contributed by atoms with Gasteiger partial charge in [-0.25, -0.2) is 23.8 Å². The topological polar surface area (TPSA) is 139 Å². The lowest BCUT2D eigenvalue weighted by Gasteiger charge is -2.24. The van der Waals surface area contributed by atoms with Gasteiger partial charge in [-0.15, -0.1) is 0 Å². The molecule has 0 bridgehead atoms. The molecule has 29 heavy (non-hydrogen) atoms. The largest absolute Gasteiger partial charge is 0.394 e. The van der Waals surface area contributed by atoms with Crippen LogP contribution in [0.1, 0.15) is 11.8 Å². The Morgan fingerprint density at radius 2 is 1.93 bits per heavy atom. The molecule has 2 aliphatic heterocycles. The maximum Gasteiger partial charge on any atom is 0.165 e. The first-order chi connectivity index (χ1) is 13.9. The maximum absolute atomic E-state index is 13.3. The highest BCUT2D eigenvalue weighted by Gasteiger charge is 2.43. The SMILES string of the molecule is NC1=c2ncn([C@@H]3O[C@H](CO)[C@@H](O)[C@H]3O)c2=NCN1OCc1cc(F)cc(F)c1. The minimum atomic E-state index is -1.29. The lowest BCUT2D eigenvalue weighted by atomic mass is 10.1. The minimum Gasteiger partial charge on any atom is -0.394 e. The number of halogens is 2. The van der Waals surface area contributed by atoms with Gasteiger partial charge >= 0.3 is 0 Å². The van der Waals surface area contributed by atoms with Crippen molar-refractivity contribution in [1.82, 2.24) is 14.6 Å². The average Bonchev–Trinajstić information content (AvgIpc) is 3.22. The first-order valence-electron chi connectivity index (χ1n) is 8.74. The second-order valence-corrected chi connectivity index (χ2v) is 6.67. The fourth-order valence-corrected chi connectivity index (χ4v) is 3.27. The second-order valence-electron chi connectivity index (χ2n) is 6.67. The fourth-order valence-electron chi connectivity index (χ4n) is 3.27. The van der Waals surface area contributed by atoms with Crippen molar-refractivity contribution in [3.05, 3.63) is 52.6 Å². The minimum absolute atomic E-state index is 0.0445. The molecule has 1 fully saturated rings. The van der Waals surface area contributed by atoms with Crippen molar-refractivity contribution in [1.29, 1.82) is 0 Å². The van der Waals surface area contributed by atoms with Gasteiger partial charge in [0.25, 0.3) is 0 Å².